The molecule has 0 bridgehead atoms. The molecule has 1 amide bonds. The van der Waals surface area contributed by atoms with Crippen LogP contribution in [0.1, 0.15) is 52.7 Å². The van der Waals surface area contributed by atoms with E-state index in [4.69, 9.17) is 9.47 Å². The minimum absolute atomic E-state index is 0.0110. The number of carbonyl (C=O) groups is 1. The van der Waals surface area contributed by atoms with E-state index in [-0.39, 0.29) is 42.6 Å². The van der Waals surface area contributed by atoms with E-state index in [1.807, 2.05) is 104 Å². The van der Waals surface area contributed by atoms with Crippen LogP contribution < -0.4 is 10.0 Å². The van der Waals surface area contributed by atoms with E-state index in [1.54, 1.807) is 23.9 Å². The van der Waals surface area contributed by atoms with Crippen LogP contribution in [-0.4, -0.2) is 52.5 Å². The minimum Gasteiger partial charge on any atom is -0.392 e. The zero-order valence-corrected chi connectivity index (χ0v) is 33.2. The summed E-state index contributed by atoms with van der Waals surface area (Å²) in [6.45, 7) is 4.17. The summed E-state index contributed by atoms with van der Waals surface area (Å²) in [6, 6.07) is 38.6. The third-order valence-electron chi connectivity index (χ3n) is 10.0. The van der Waals surface area contributed by atoms with Crippen molar-refractivity contribution in [2.24, 2.45) is 5.92 Å². The third-order valence-corrected chi connectivity index (χ3v) is 12.5. The monoisotopic (exact) mass is 803 g/mol. The van der Waals surface area contributed by atoms with Gasteiger partial charge in [-0.25, -0.2) is 13.4 Å². The number of hydrogen-bond donors (Lipinski definition) is 4. The molecule has 2 heterocycles. The van der Waals surface area contributed by atoms with E-state index in [2.05, 4.69) is 38.2 Å². The van der Waals surface area contributed by atoms with E-state index in [0.29, 0.717) is 10.9 Å². The van der Waals surface area contributed by atoms with E-state index in [0.717, 1.165) is 44.5 Å². The maximum atomic E-state index is 13.7. The molecule has 1 aliphatic rings. The molecule has 0 spiro atoms. The van der Waals surface area contributed by atoms with Crippen LogP contribution in [0.4, 0.5) is 0 Å². The lowest BCUT2D eigenvalue weighted by molar-refractivity contribution is -0.268. The molecular weight excluding hydrogens is 759 g/mol. The highest BCUT2D eigenvalue weighted by Gasteiger charge is 2.38. The molecule has 13 heteroatoms. The van der Waals surface area contributed by atoms with Crippen LogP contribution in [0.2, 0.25) is 0 Å². The molecule has 1 fully saturated rings. The zero-order valence-electron chi connectivity index (χ0n) is 31.6. The minimum atomic E-state index is -3.97. The van der Waals surface area contributed by atoms with Gasteiger partial charge in [-0.15, -0.1) is 0 Å². The molecule has 4 N–H and O–H groups in total. The van der Waals surface area contributed by atoms with Crippen molar-refractivity contribution in [3.63, 3.8) is 0 Å². The number of amides is 1. The Labute approximate surface area is 337 Å². The van der Waals surface area contributed by atoms with Crippen molar-refractivity contribution < 1.29 is 27.8 Å². The zero-order chi connectivity index (χ0) is 39.8. The average Bonchev–Trinajstić information content (AvgIpc) is 3.77. The summed E-state index contributed by atoms with van der Waals surface area (Å²) in [4.78, 5) is 18.1. The summed E-state index contributed by atoms with van der Waals surface area (Å²) in [5, 5.41) is 20.2. The first-order chi connectivity index (χ1) is 27.6. The van der Waals surface area contributed by atoms with E-state index >= 15 is 0 Å². The Morgan fingerprint density at radius 1 is 0.842 bits per heavy atom. The van der Waals surface area contributed by atoms with Crippen molar-refractivity contribution >= 4 is 27.7 Å². The van der Waals surface area contributed by atoms with Gasteiger partial charge in [-0.05, 0) is 71.0 Å². The van der Waals surface area contributed by atoms with Crippen LogP contribution in [0, 0.1) is 12.8 Å². The van der Waals surface area contributed by atoms with Crippen molar-refractivity contribution in [1.29, 1.82) is 0 Å². The molecular formula is C44H45N5O6S2. The van der Waals surface area contributed by atoms with Gasteiger partial charge in [-0.3, -0.25) is 9.89 Å². The van der Waals surface area contributed by atoms with E-state index < -0.39 is 28.3 Å². The highest BCUT2D eigenvalue weighted by Crippen LogP contribution is 2.43. The van der Waals surface area contributed by atoms with Crippen LogP contribution in [0.3, 0.4) is 0 Å². The van der Waals surface area contributed by atoms with Gasteiger partial charge in [0.15, 0.2) is 11.4 Å². The van der Waals surface area contributed by atoms with Gasteiger partial charge in [0.2, 0.25) is 15.9 Å². The Kier molecular flexibility index (Phi) is 12.9. The van der Waals surface area contributed by atoms with Crippen molar-refractivity contribution in [1.82, 2.24) is 25.2 Å². The molecule has 0 saturated carbocycles. The number of benzene rings is 5. The van der Waals surface area contributed by atoms with Gasteiger partial charge in [0.25, 0.3) is 0 Å². The third kappa shape index (κ3) is 10.2. The van der Waals surface area contributed by atoms with Crippen LogP contribution in [0.5, 0.6) is 0 Å². The number of ether oxygens (including phenoxy) is 2. The Morgan fingerprint density at radius 2 is 1.56 bits per heavy atom. The summed E-state index contributed by atoms with van der Waals surface area (Å²) in [6.07, 6.45) is 0.572. The van der Waals surface area contributed by atoms with Gasteiger partial charge < -0.3 is 19.9 Å². The van der Waals surface area contributed by atoms with Gasteiger partial charge in [0.05, 0.1) is 23.7 Å². The normalized spacial score (nSPS) is 18.9. The predicted octanol–water partition coefficient (Wildman–Crippen LogP) is 7.06. The number of aliphatic hydroxyl groups excluding tert-OH is 1. The number of nitrogens with zero attached hydrogens (tertiary/aromatic N) is 2. The number of aliphatic hydroxyl groups is 1. The number of thioether (sulfide) groups is 1. The number of aromatic amines is 1. The van der Waals surface area contributed by atoms with Crippen molar-refractivity contribution in [2.45, 2.75) is 68.0 Å². The largest absolute Gasteiger partial charge is 0.392 e. The number of carbonyl (C=O) groups excluding carboxylic acids is 1. The SMILES string of the molecule is Cc1ccc(S(=O)(=O)N[C@H](Cc2ccccc2)C(=O)NCc2cccc(-c3cccc([C@H]4O[C@@H](CSc5ncn[nH]5)[C@@H](C)[C@@H](c5ccc(CO)cc5)O4)c3)c2)cc1. The number of rotatable bonds is 15. The molecule has 5 aromatic carbocycles. The highest BCUT2D eigenvalue weighted by atomic mass is 32.2. The summed E-state index contributed by atoms with van der Waals surface area (Å²) >= 11 is 1.54. The standard InChI is InChI=1S/C44H45N5O6S2/c1-29-14-20-38(21-15-29)57(52,53)49-39(23-31-8-4-3-5-9-31)42(51)45-25-33-10-6-11-35(22-33)36-12-7-13-37(24-36)43-54-40(27-56-44-46-28-47-48-44)30(2)41(55-43)34-18-16-32(26-50)17-19-34/h3-22,24,28,30,39-41,43,49-50H,23,25-27H2,1-2H3,(H,45,51)(H,46,47,48)/t30-,39-,40+,41+,43+/m1/s1. The fourth-order valence-electron chi connectivity index (χ4n) is 6.78. The Balaban J connectivity index is 1.07. The molecule has 6 aromatic rings. The van der Waals surface area contributed by atoms with Gasteiger partial charge in [0.1, 0.15) is 12.4 Å². The number of hydrogen-bond acceptors (Lipinski definition) is 9. The smallest absolute Gasteiger partial charge is 0.241 e. The fourth-order valence-corrected chi connectivity index (χ4v) is 8.92. The summed E-state index contributed by atoms with van der Waals surface area (Å²) in [7, 11) is -3.97. The van der Waals surface area contributed by atoms with Gasteiger partial charge in [0, 0.05) is 23.8 Å². The molecule has 11 nitrogen and oxygen atoms in total. The van der Waals surface area contributed by atoms with Crippen LogP contribution in [-0.2, 0) is 43.9 Å². The van der Waals surface area contributed by atoms with Crippen LogP contribution in [0.15, 0.2) is 144 Å². The first-order valence-electron chi connectivity index (χ1n) is 18.7. The molecule has 1 aromatic heterocycles. The molecule has 1 saturated heterocycles. The average molecular weight is 804 g/mol. The van der Waals surface area contributed by atoms with Crippen molar-refractivity contribution in [3.8, 4) is 11.1 Å². The van der Waals surface area contributed by atoms with E-state index in [9.17, 15) is 18.3 Å². The number of H-pyrrole nitrogens is 1. The van der Waals surface area contributed by atoms with Crippen LogP contribution >= 0.6 is 11.8 Å². The summed E-state index contributed by atoms with van der Waals surface area (Å²) < 4.78 is 42.7. The van der Waals surface area contributed by atoms with Crippen molar-refractivity contribution in [2.75, 3.05) is 5.75 Å². The summed E-state index contributed by atoms with van der Waals surface area (Å²) in [5.74, 6) is 0.213. The molecule has 0 radical (unpaired) electrons. The van der Waals surface area contributed by atoms with Crippen molar-refractivity contribution in [3.05, 3.63) is 167 Å². The lowest BCUT2D eigenvalue weighted by atomic mass is 9.91. The van der Waals surface area contributed by atoms with E-state index in [1.165, 1.54) is 18.5 Å². The molecule has 57 heavy (non-hydrogen) atoms. The maximum absolute atomic E-state index is 13.7. The number of aromatic nitrogens is 3. The topological polar surface area (TPSA) is 156 Å². The van der Waals surface area contributed by atoms with Gasteiger partial charge >= 0.3 is 0 Å². The van der Waals surface area contributed by atoms with Gasteiger partial charge in [-0.2, -0.15) is 9.82 Å². The van der Waals surface area contributed by atoms with Crippen LogP contribution in [0.25, 0.3) is 11.1 Å². The molecule has 294 valence electrons. The quantitative estimate of drug-likeness (QED) is 0.0799. The Hall–Kier alpha value is -5.15. The molecule has 5 atom stereocenters. The number of sulfonamides is 1. The lowest BCUT2D eigenvalue weighted by Crippen LogP contribution is -2.47. The maximum Gasteiger partial charge on any atom is 0.241 e. The first kappa shape index (κ1) is 40.1. The fraction of sp³-hybridized carbons (Fsp3) is 0.250. The Morgan fingerprint density at radius 3 is 2.28 bits per heavy atom. The number of nitrogens with one attached hydrogen (secondary N) is 3. The second-order valence-corrected chi connectivity index (χ2v) is 16.9. The highest BCUT2D eigenvalue weighted by molar-refractivity contribution is 7.99. The predicted molar refractivity (Wildman–Crippen MR) is 219 cm³/mol. The second kappa shape index (κ2) is 18.4. The lowest BCUT2D eigenvalue weighted by Gasteiger charge is -2.41. The Bertz CT molecular complexity index is 2340. The second-order valence-electron chi connectivity index (χ2n) is 14.1. The molecule has 7 rings (SSSR count). The first-order valence-corrected chi connectivity index (χ1v) is 21.2. The summed E-state index contributed by atoms with van der Waals surface area (Å²) in [5.41, 5.74) is 7.18. The molecule has 0 aliphatic carbocycles. The molecule has 1 aliphatic heterocycles. The molecule has 0 unspecified atom stereocenters. The van der Waals surface area contributed by atoms with Gasteiger partial charge in [-0.1, -0.05) is 127 Å². The number of aryl methyl sites for hydroxylation is 1.